The van der Waals surface area contributed by atoms with Crippen molar-refractivity contribution in [3.05, 3.63) is 17.5 Å². The van der Waals surface area contributed by atoms with Crippen molar-refractivity contribution in [2.45, 2.75) is 16.7 Å². The van der Waals surface area contributed by atoms with E-state index in [0.29, 0.717) is 36.8 Å². The molecule has 0 bridgehead atoms. The van der Waals surface area contributed by atoms with Gasteiger partial charge in [-0.1, -0.05) is 6.07 Å². The molecule has 1 aromatic heterocycles. The van der Waals surface area contributed by atoms with Gasteiger partial charge in [-0.3, -0.25) is 0 Å². The van der Waals surface area contributed by atoms with Gasteiger partial charge in [0.25, 0.3) is 10.0 Å². The molecule has 118 valence electrons. The normalized spacial score (nSPS) is 27.9. The molecule has 0 saturated carbocycles. The summed E-state index contributed by atoms with van der Waals surface area (Å²) in [7, 11) is -6.24. The molecular formula is C12H19N2O4S3+. The third-order valence-electron chi connectivity index (χ3n) is 4.26. The minimum Gasteiger partial charge on any atom is -0.329 e. The second kappa shape index (κ2) is 5.62. The SMILES string of the molecule is O=S1(=O)CC[C@H]([NH+]2CCN(S(=O)(=O)c3cccs3)CC2)C1. The number of piperazine rings is 1. The summed E-state index contributed by atoms with van der Waals surface area (Å²) in [6.45, 7) is 2.30. The fourth-order valence-corrected chi connectivity index (χ4v) is 7.49. The average Bonchev–Trinajstić information content (AvgIpc) is 3.08. The molecule has 1 aromatic rings. The molecule has 2 fully saturated rings. The lowest BCUT2D eigenvalue weighted by molar-refractivity contribution is -0.925. The van der Waals surface area contributed by atoms with Crippen molar-refractivity contribution in [2.75, 3.05) is 37.7 Å². The van der Waals surface area contributed by atoms with Crippen LogP contribution in [0.15, 0.2) is 21.7 Å². The van der Waals surface area contributed by atoms with Crippen LogP contribution in [0, 0.1) is 0 Å². The Morgan fingerprint density at radius 3 is 2.52 bits per heavy atom. The van der Waals surface area contributed by atoms with Gasteiger partial charge in [-0.05, 0) is 11.4 Å². The zero-order chi connectivity index (χ0) is 15.1. The number of nitrogens with zero attached hydrogens (tertiary/aromatic N) is 1. The summed E-state index contributed by atoms with van der Waals surface area (Å²) >= 11 is 1.23. The molecule has 0 radical (unpaired) electrons. The van der Waals surface area contributed by atoms with Crippen molar-refractivity contribution in [3.63, 3.8) is 0 Å². The molecule has 3 heterocycles. The largest absolute Gasteiger partial charge is 0.329 e. The van der Waals surface area contributed by atoms with Crippen molar-refractivity contribution >= 4 is 31.2 Å². The summed E-state index contributed by atoms with van der Waals surface area (Å²) in [6.07, 6.45) is 0.704. The van der Waals surface area contributed by atoms with Crippen molar-refractivity contribution in [1.29, 1.82) is 0 Å². The Kier molecular flexibility index (Phi) is 4.12. The molecular weight excluding hydrogens is 332 g/mol. The summed E-state index contributed by atoms with van der Waals surface area (Å²) in [6, 6.07) is 3.51. The van der Waals surface area contributed by atoms with Crippen LogP contribution in [0.3, 0.4) is 0 Å². The number of quaternary nitrogens is 1. The van der Waals surface area contributed by atoms with Gasteiger partial charge >= 0.3 is 0 Å². The molecule has 2 saturated heterocycles. The Hall–Kier alpha value is -0.480. The molecule has 21 heavy (non-hydrogen) atoms. The summed E-state index contributed by atoms with van der Waals surface area (Å²) in [4.78, 5) is 1.23. The second-order valence-corrected chi connectivity index (χ2v) is 10.9. The lowest BCUT2D eigenvalue weighted by Crippen LogP contribution is -3.18. The minimum atomic E-state index is -3.37. The van der Waals surface area contributed by atoms with Crippen LogP contribution in [-0.2, 0) is 19.9 Å². The molecule has 2 aliphatic rings. The van der Waals surface area contributed by atoms with Gasteiger partial charge in [0.1, 0.15) is 16.0 Å². The standard InChI is InChI=1S/C12H18N2O4S3/c15-20(16)9-3-11(10-20)13-4-6-14(7-5-13)21(17,18)12-2-1-8-19-12/h1-2,8,11H,3-7,9-10H2/p+1/t11-/m0/s1. The highest BCUT2D eigenvalue weighted by molar-refractivity contribution is 7.91. The fraction of sp³-hybridized carbons (Fsp3) is 0.667. The monoisotopic (exact) mass is 351 g/mol. The maximum absolute atomic E-state index is 12.4. The van der Waals surface area contributed by atoms with Gasteiger partial charge in [-0.2, -0.15) is 4.31 Å². The third kappa shape index (κ3) is 3.16. The van der Waals surface area contributed by atoms with Crippen LogP contribution < -0.4 is 4.90 Å². The Morgan fingerprint density at radius 1 is 1.29 bits per heavy atom. The van der Waals surface area contributed by atoms with Crippen LogP contribution in [0.2, 0.25) is 0 Å². The van der Waals surface area contributed by atoms with Crippen molar-refractivity contribution in [1.82, 2.24) is 4.31 Å². The van der Waals surface area contributed by atoms with E-state index >= 15 is 0 Å². The van der Waals surface area contributed by atoms with Gasteiger partial charge in [0.05, 0.1) is 31.9 Å². The van der Waals surface area contributed by atoms with Crippen LogP contribution in [0.5, 0.6) is 0 Å². The van der Waals surface area contributed by atoms with E-state index in [9.17, 15) is 16.8 Å². The van der Waals surface area contributed by atoms with Crippen LogP contribution in [0.25, 0.3) is 0 Å². The first-order valence-electron chi connectivity index (χ1n) is 6.97. The lowest BCUT2D eigenvalue weighted by Gasteiger charge is -2.34. The first kappa shape index (κ1) is 15.4. The Labute approximate surface area is 129 Å². The Bertz CT molecular complexity index is 689. The van der Waals surface area contributed by atoms with E-state index in [1.54, 1.807) is 17.5 Å². The first-order valence-corrected chi connectivity index (χ1v) is 11.1. The number of sulfonamides is 1. The highest BCUT2D eigenvalue weighted by Gasteiger charge is 2.39. The van der Waals surface area contributed by atoms with E-state index in [0.717, 1.165) is 0 Å². The van der Waals surface area contributed by atoms with Gasteiger partial charge in [0, 0.05) is 6.42 Å². The van der Waals surface area contributed by atoms with Gasteiger partial charge in [0.15, 0.2) is 9.84 Å². The Balaban J connectivity index is 1.64. The first-order chi connectivity index (χ1) is 9.88. The fourth-order valence-electron chi connectivity index (χ4n) is 3.08. The second-order valence-electron chi connectivity index (χ2n) is 5.59. The van der Waals surface area contributed by atoms with E-state index in [-0.39, 0.29) is 17.5 Å². The van der Waals surface area contributed by atoms with Crippen LogP contribution in [0.4, 0.5) is 0 Å². The molecule has 0 amide bonds. The molecule has 6 nitrogen and oxygen atoms in total. The zero-order valence-electron chi connectivity index (χ0n) is 11.6. The predicted molar refractivity (Wildman–Crippen MR) is 80.8 cm³/mol. The minimum absolute atomic E-state index is 0.140. The summed E-state index contributed by atoms with van der Waals surface area (Å²) in [5.74, 6) is 0.526. The Morgan fingerprint density at radius 2 is 2.00 bits per heavy atom. The van der Waals surface area contributed by atoms with Gasteiger partial charge in [0.2, 0.25) is 0 Å². The van der Waals surface area contributed by atoms with Crippen molar-refractivity contribution in [3.8, 4) is 0 Å². The van der Waals surface area contributed by atoms with Gasteiger partial charge < -0.3 is 4.90 Å². The van der Waals surface area contributed by atoms with E-state index in [4.69, 9.17) is 0 Å². The predicted octanol–water partition coefficient (Wildman–Crippen LogP) is -1.18. The number of rotatable bonds is 3. The van der Waals surface area contributed by atoms with Crippen LogP contribution in [-0.4, -0.2) is 64.9 Å². The van der Waals surface area contributed by atoms with E-state index in [1.165, 1.54) is 20.5 Å². The summed E-state index contributed by atoms with van der Waals surface area (Å²) in [5.41, 5.74) is 0. The molecule has 9 heteroatoms. The molecule has 3 rings (SSSR count). The zero-order valence-corrected chi connectivity index (χ0v) is 14.0. The third-order valence-corrected chi connectivity index (χ3v) is 9.30. The van der Waals surface area contributed by atoms with Crippen molar-refractivity contribution in [2.24, 2.45) is 0 Å². The summed E-state index contributed by atoms with van der Waals surface area (Å²) < 4.78 is 49.8. The average molecular weight is 351 g/mol. The number of hydrogen-bond acceptors (Lipinski definition) is 5. The highest BCUT2D eigenvalue weighted by Crippen LogP contribution is 2.20. The number of sulfone groups is 1. The van der Waals surface area contributed by atoms with Crippen LogP contribution >= 0.6 is 11.3 Å². The van der Waals surface area contributed by atoms with E-state index in [1.807, 2.05) is 0 Å². The lowest BCUT2D eigenvalue weighted by atomic mass is 10.2. The molecule has 0 aromatic carbocycles. The molecule has 0 spiro atoms. The van der Waals surface area contributed by atoms with E-state index < -0.39 is 19.9 Å². The topological polar surface area (TPSA) is 76.0 Å². The van der Waals surface area contributed by atoms with Gasteiger partial charge in [-0.15, -0.1) is 11.3 Å². The van der Waals surface area contributed by atoms with Crippen molar-refractivity contribution < 1.29 is 21.7 Å². The summed E-state index contributed by atoms with van der Waals surface area (Å²) in [5, 5.41) is 1.76. The number of nitrogens with one attached hydrogen (secondary N) is 1. The van der Waals surface area contributed by atoms with Crippen LogP contribution in [0.1, 0.15) is 6.42 Å². The molecule has 1 atom stereocenters. The molecule has 0 unspecified atom stereocenters. The maximum atomic E-state index is 12.4. The number of hydrogen-bond donors (Lipinski definition) is 1. The number of thiophene rings is 1. The molecule has 1 N–H and O–H groups in total. The smallest absolute Gasteiger partial charge is 0.252 e. The maximum Gasteiger partial charge on any atom is 0.252 e. The molecule has 0 aliphatic carbocycles. The van der Waals surface area contributed by atoms with Gasteiger partial charge in [-0.25, -0.2) is 16.8 Å². The molecule has 2 aliphatic heterocycles. The van der Waals surface area contributed by atoms with E-state index in [2.05, 4.69) is 0 Å². The highest BCUT2D eigenvalue weighted by atomic mass is 32.2. The quantitative estimate of drug-likeness (QED) is 0.744.